The first kappa shape index (κ1) is 9.23. The molecule has 0 amide bonds. The minimum absolute atomic E-state index is 0.711. The third-order valence-corrected chi connectivity index (χ3v) is 3.25. The van der Waals surface area contributed by atoms with Crippen LogP contribution in [0.1, 0.15) is 0 Å². The van der Waals surface area contributed by atoms with Crippen molar-refractivity contribution in [1.82, 2.24) is 9.97 Å². The van der Waals surface area contributed by atoms with E-state index >= 15 is 0 Å². The highest BCUT2D eigenvalue weighted by Crippen LogP contribution is 2.27. The Balaban J connectivity index is 2.19. The van der Waals surface area contributed by atoms with Crippen molar-refractivity contribution in [2.24, 2.45) is 0 Å². The molecule has 4 nitrogen and oxygen atoms in total. The van der Waals surface area contributed by atoms with Gasteiger partial charge in [-0.1, -0.05) is 6.07 Å². The second-order valence-corrected chi connectivity index (χ2v) is 4.32. The third-order valence-electron chi connectivity index (χ3n) is 2.19. The molecule has 0 aliphatic heterocycles. The average molecular weight is 229 g/mol. The summed E-state index contributed by atoms with van der Waals surface area (Å²) in [6.07, 6.45) is 4.68. The molecular weight excluding hydrogens is 222 g/mol. The lowest BCUT2D eigenvalue weighted by Crippen LogP contribution is -2.23. The van der Waals surface area contributed by atoms with Gasteiger partial charge < -0.3 is 5.21 Å². The van der Waals surface area contributed by atoms with Crippen LogP contribution in [0.5, 0.6) is 0 Å². The van der Waals surface area contributed by atoms with Crippen molar-refractivity contribution in [3.8, 4) is 10.7 Å². The maximum Gasteiger partial charge on any atom is 0.207 e. The van der Waals surface area contributed by atoms with Crippen LogP contribution < -0.4 is 4.73 Å². The molecular formula is C11H7N3OS. The molecule has 0 spiro atoms. The van der Waals surface area contributed by atoms with Crippen molar-refractivity contribution in [3.63, 3.8) is 0 Å². The molecule has 0 atom stereocenters. The SMILES string of the molecule is [O-][n+]1ccc2sc(-c3ccccn3)nc2c1. The summed E-state index contributed by atoms with van der Waals surface area (Å²) in [7, 11) is 0. The van der Waals surface area contributed by atoms with Crippen molar-refractivity contribution in [2.75, 3.05) is 0 Å². The van der Waals surface area contributed by atoms with Crippen LogP contribution >= 0.6 is 11.3 Å². The topological polar surface area (TPSA) is 52.7 Å². The fourth-order valence-electron chi connectivity index (χ4n) is 1.46. The number of hydrogen-bond acceptors (Lipinski definition) is 4. The molecule has 0 radical (unpaired) electrons. The maximum atomic E-state index is 11.1. The molecule has 0 aliphatic rings. The molecule has 0 aliphatic carbocycles. The monoisotopic (exact) mass is 229 g/mol. The lowest BCUT2D eigenvalue weighted by atomic mass is 10.4. The van der Waals surface area contributed by atoms with Crippen LogP contribution in [-0.4, -0.2) is 9.97 Å². The van der Waals surface area contributed by atoms with Gasteiger partial charge in [0.25, 0.3) is 0 Å². The number of aromatic nitrogens is 3. The van der Waals surface area contributed by atoms with E-state index in [1.807, 2.05) is 18.2 Å². The zero-order chi connectivity index (χ0) is 11.0. The van der Waals surface area contributed by atoms with Crippen molar-refractivity contribution >= 4 is 21.6 Å². The minimum atomic E-state index is 0.711. The van der Waals surface area contributed by atoms with E-state index in [4.69, 9.17) is 0 Å². The highest BCUT2D eigenvalue weighted by atomic mass is 32.1. The smallest absolute Gasteiger partial charge is 0.207 e. The molecule has 0 unspecified atom stereocenters. The second kappa shape index (κ2) is 3.53. The largest absolute Gasteiger partial charge is 0.619 e. The van der Waals surface area contributed by atoms with E-state index in [0.717, 1.165) is 20.1 Å². The van der Waals surface area contributed by atoms with Crippen LogP contribution in [0.15, 0.2) is 42.9 Å². The minimum Gasteiger partial charge on any atom is -0.619 e. The normalized spacial score (nSPS) is 10.8. The highest BCUT2D eigenvalue weighted by Gasteiger charge is 2.08. The van der Waals surface area contributed by atoms with Gasteiger partial charge >= 0.3 is 0 Å². The number of hydrogen-bond donors (Lipinski definition) is 0. The number of nitrogens with zero attached hydrogens (tertiary/aromatic N) is 3. The van der Waals surface area contributed by atoms with Crippen molar-refractivity contribution in [1.29, 1.82) is 0 Å². The Hall–Kier alpha value is -2.01. The van der Waals surface area contributed by atoms with Crippen molar-refractivity contribution in [3.05, 3.63) is 48.1 Å². The molecule has 3 aromatic rings. The number of thiazole rings is 1. The van der Waals surface area contributed by atoms with E-state index in [2.05, 4.69) is 9.97 Å². The summed E-state index contributed by atoms with van der Waals surface area (Å²) in [5.74, 6) is 0. The maximum absolute atomic E-state index is 11.1. The van der Waals surface area contributed by atoms with Crippen LogP contribution in [0.25, 0.3) is 20.9 Å². The first-order valence-corrected chi connectivity index (χ1v) is 5.55. The van der Waals surface area contributed by atoms with E-state index in [0.29, 0.717) is 5.52 Å². The van der Waals surface area contributed by atoms with E-state index in [9.17, 15) is 5.21 Å². The summed E-state index contributed by atoms with van der Waals surface area (Å²) < 4.78 is 1.75. The zero-order valence-electron chi connectivity index (χ0n) is 8.20. The molecule has 5 heteroatoms. The fourth-order valence-corrected chi connectivity index (χ4v) is 2.37. The van der Waals surface area contributed by atoms with E-state index in [1.165, 1.54) is 23.7 Å². The van der Waals surface area contributed by atoms with Crippen molar-refractivity contribution < 1.29 is 4.73 Å². The standard InChI is InChI=1S/C11H7N3OS/c15-14-6-4-10-9(7-14)13-11(16-10)8-3-1-2-5-12-8/h1-7H. The van der Waals surface area contributed by atoms with Gasteiger partial charge in [-0.15, -0.1) is 11.3 Å². The molecule has 0 saturated heterocycles. The predicted molar refractivity (Wildman–Crippen MR) is 61.8 cm³/mol. The Labute approximate surface area is 95.4 Å². The van der Waals surface area contributed by atoms with Gasteiger partial charge in [-0.05, 0) is 12.1 Å². The van der Waals surface area contributed by atoms with Gasteiger partial charge in [-0.3, -0.25) is 4.98 Å². The van der Waals surface area contributed by atoms with Gasteiger partial charge in [-0.25, -0.2) is 4.98 Å². The van der Waals surface area contributed by atoms with Gasteiger partial charge in [0.15, 0.2) is 6.20 Å². The van der Waals surface area contributed by atoms with Gasteiger partial charge in [0.2, 0.25) is 6.20 Å². The quantitative estimate of drug-likeness (QED) is 0.473. The summed E-state index contributed by atoms with van der Waals surface area (Å²) in [6, 6.07) is 7.46. The molecule has 0 N–H and O–H groups in total. The van der Waals surface area contributed by atoms with E-state index < -0.39 is 0 Å². The number of pyridine rings is 2. The Bertz CT molecular complexity index is 636. The molecule has 0 fully saturated rings. The molecule has 3 aromatic heterocycles. The zero-order valence-corrected chi connectivity index (χ0v) is 9.02. The van der Waals surface area contributed by atoms with Gasteiger partial charge in [0.05, 0.1) is 10.4 Å². The Morgan fingerprint density at radius 2 is 2.19 bits per heavy atom. The Morgan fingerprint density at radius 3 is 3.00 bits per heavy atom. The van der Waals surface area contributed by atoms with Crippen LogP contribution in [0.3, 0.4) is 0 Å². The average Bonchev–Trinajstić information content (AvgIpc) is 2.73. The number of rotatable bonds is 1. The first-order chi connectivity index (χ1) is 7.83. The fraction of sp³-hybridized carbons (Fsp3) is 0. The van der Waals surface area contributed by atoms with Crippen LogP contribution in [-0.2, 0) is 0 Å². The van der Waals surface area contributed by atoms with E-state index in [1.54, 1.807) is 12.3 Å². The lowest BCUT2D eigenvalue weighted by molar-refractivity contribution is -0.603. The summed E-state index contributed by atoms with van der Waals surface area (Å²) in [4.78, 5) is 8.61. The molecule has 3 rings (SSSR count). The third kappa shape index (κ3) is 1.51. The summed E-state index contributed by atoms with van der Waals surface area (Å²) >= 11 is 1.53. The molecule has 78 valence electrons. The lowest BCUT2D eigenvalue weighted by Gasteiger charge is -1.91. The summed E-state index contributed by atoms with van der Waals surface area (Å²) in [6.45, 7) is 0. The van der Waals surface area contributed by atoms with Gasteiger partial charge in [0.1, 0.15) is 10.5 Å². The van der Waals surface area contributed by atoms with Crippen LogP contribution in [0, 0.1) is 5.21 Å². The summed E-state index contributed by atoms with van der Waals surface area (Å²) in [5.41, 5.74) is 1.55. The Morgan fingerprint density at radius 1 is 1.25 bits per heavy atom. The molecule has 0 saturated carbocycles. The van der Waals surface area contributed by atoms with Crippen LogP contribution in [0.2, 0.25) is 0 Å². The number of fused-ring (bicyclic) bond motifs is 1. The molecule has 0 aromatic carbocycles. The van der Waals surface area contributed by atoms with Crippen LogP contribution in [0.4, 0.5) is 0 Å². The predicted octanol–water partition coefficient (Wildman–Crippen LogP) is 1.99. The second-order valence-electron chi connectivity index (χ2n) is 3.29. The van der Waals surface area contributed by atoms with Gasteiger partial charge in [-0.2, -0.15) is 4.73 Å². The molecule has 0 bridgehead atoms. The molecule has 16 heavy (non-hydrogen) atoms. The summed E-state index contributed by atoms with van der Waals surface area (Å²) in [5, 5.41) is 11.9. The van der Waals surface area contributed by atoms with E-state index in [-0.39, 0.29) is 0 Å². The van der Waals surface area contributed by atoms with Gasteiger partial charge in [0, 0.05) is 12.3 Å². The molecule has 3 heterocycles. The van der Waals surface area contributed by atoms with Crippen molar-refractivity contribution in [2.45, 2.75) is 0 Å². The Kier molecular flexibility index (Phi) is 2.04. The first-order valence-electron chi connectivity index (χ1n) is 4.74. The highest BCUT2D eigenvalue weighted by molar-refractivity contribution is 7.21.